The van der Waals surface area contributed by atoms with Crippen molar-refractivity contribution in [3.05, 3.63) is 40.8 Å². The quantitative estimate of drug-likeness (QED) is 0.843. The Morgan fingerprint density at radius 1 is 1.27 bits per heavy atom. The predicted octanol–water partition coefficient (Wildman–Crippen LogP) is 2.31. The molecule has 26 heavy (non-hydrogen) atoms. The van der Waals surface area contributed by atoms with Gasteiger partial charge in [-0.2, -0.15) is 0 Å². The molecule has 3 aliphatic rings. The maximum Gasteiger partial charge on any atom is 0.276 e. The van der Waals surface area contributed by atoms with Crippen molar-refractivity contribution in [1.29, 1.82) is 0 Å². The fourth-order valence-corrected chi connectivity index (χ4v) is 4.01. The monoisotopic (exact) mass is 353 g/mol. The molecule has 136 valence electrons. The van der Waals surface area contributed by atoms with Crippen LogP contribution in [-0.4, -0.2) is 51.0 Å². The third-order valence-electron chi connectivity index (χ3n) is 5.68. The van der Waals surface area contributed by atoms with Gasteiger partial charge in [0.15, 0.2) is 11.5 Å². The zero-order valence-corrected chi connectivity index (χ0v) is 15.0. The number of hydrogen-bond donors (Lipinski definition) is 0. The molecular formula is C19H23N5O2. The number of rotatable bonds is 3. The maximum absolute atomic E-state index is 13.0. The van der Waals surface area contributed by atoms with E-state index in [4.69, 9.17) is 9.51 Å². The summed E-state index contributed by atoms with van der Waals surface area (Å²) in [7, 11) is 2.11. The first-order valence-corrected chi connectivity index (χ1v) is 9.50. The zero-order chi connectivity index (χ0) is 17.7. The molecule has 0 unspecified atom stereocenters. The minimum Gasteiger partial charge on any atom is -0.360 e. The third kappa shape index (κ3) is 2.80. The van der Waals surface area contributed by atoms with Crippen LogP contribution in [0.5, 0.6) is 0 Å². The minimum atomic E-state index is -0.0656. The van der Waals surface area contributed by atoms with Crippen molar-refractivity contribution in [2.75, 3.05) is 20.1 Å². The fraction of sp³-hybridized carbons (Fsp3) is 0.579. The molecule has 1 aliphatic carbocycles. The van der Waals surface area contributed by atoms with Crippen molar-refractivity contribution in [3.63, 3.8) is 0 Å². The summed E-state index contributed by atoms with van der Waals surface area (Å²) >= 11 is 0. The molecule has 2 aromatic rings. The molecule has 1 amide bonds. The number of amides is 1. The highest BCUT2D eigenvalue weighted by atomic mass is 16.5. The van der Waals surface area contributed by atoms with Gasteiger partial charge in [0.05, 0.1) is 6.04 Å². The molecule has 7 heteroatoms. The first kappa shape index (κ1) is 15.9. The lowest BCUT2D eigenvalue weighted by molar-refractivity contribution is 0.0719. The van der Waals surface area contributed by atoms with Gasteiger partial charge < -0.3 is 14.3 Å². The summed E-state index contributed by atoms with van der Waals surface area (Å²) in [6, 6.07) is 1.76. The van der Waals surface area contributed by atoms with Crippen LogP contribution in [0, 0.1) is 0 Å². The lowest BCUT2D eigenvalue weighted by Gasteiger charge is -2.26. The van der Waals surface area contributed by atoms with E-state index in [-0.39, 0.29) is 11.9 Å². The van der Waals surface area contributed by atoms with Gasteiger partial charge in [0, 0.05) is 55.5 Å². The standard InChI is InChI=1S/C19H23N5O2/c1-23-8-6-14-13(11-23)10-20-18(21-14)16-3-2-7-24(16)19(25)15-9-17(26-22-15)12-4-5-12/h9-10,12,16H,2-8,11H2,1H3/t16-/m1/s1. The van der Waals surface area contributed by atoms with E-state index in [2.05, 4.69) is 22.1 Å². The van der Waals surface area contributed by atoms with Crippen LogP contribution < -0.4 is 0 Å². The fourth-order valence-electron chi connectivity index (χ4n) is 4.01. The summed E-state index contributed by atoms with van der Waals surface area (Å²) in [5.41, 5.74) is 2.74. The van der Waals surface area contributed by atoms with E-state index in [1.807, 2.05) is 17.2 Å². The predicted molar refractivity (Wildman–Crippen MR) is 93.6 cm³/mol. The van der Waals surface area contributed by atoms with Gasteiger partial charge in [0.1, 0.15) is 5.76 Å². The first-order valence-electron chi connectivity index (χ1n) is 9.50. The molecule has 1 saturated heterocycles. The van der Waals surface area contributed by atoms with Gasteiger partial charge in [-0.3, -0.25) is 4.79 Å². The molecule has 0 radical (unpaired) electrons. The molecule has 4 heterocycles. The highest BCUT2D eigenvalue weighted by molar-refractivity contribution is 5.92. The summed E-state index contributed by atoms with van der Waals surface area (Å²) in [6.07, 6.45) is 7.01. The second-order valence-corrected chi connectivity index (χ2v) is 7.73. The van der Waals surface area contributed by atoms with Crippen molar-refractivity contribution >= 4 is 5.91 Å². The van der Waals surface area contributed by atoms with E-state index in [0.29, 0.717) is 11.6 Å². The van der Waals surface area contributed by atoms with Crippen LogP contribution in [0.1, 0.15) is 71.0 Å². The zero-order valence-electron chi connectivity index (χ0n) is 15.0. The molecule has 2 aromatic heterocycles. The number of likely N-dealkylation sites (tertiary alicyclic amines) is 1. The van der Waals surface area contributed by atoms with Crippen molar-refractivity contribution in [3.8, 4) is 0 Å². The van der Waals surface area contributed by atoms with Crippen LogP contribution in [0.15, 0.2) is 16.8 Å². The molecule has 5 rings (SSSR count). The minimum absolute atomic E-state index is 0.0615. The number of aromatic nitrogens is 3. The van der Waals surface area contributed by atoms with Gasteiger partial charge in [0.2, 0.25) is 0 Å². The van der Waals surface area contributed by atoms with E-state index in [0.717, 1.165) is 69.0 Å². The number of carbonyl (C=O) groups excluding carboxylic acids is 1. The van der Waals surface area contributed by atoms with Gasteiger partial charge in [-0.1, -0.05) is 5.16 Å². The molecule has 0 bridgehead atoms. The van der Waals surface area contributed by atoms with Crippen molar-refractivity contribution < 1.29 is 9.32 Å². The number of likely N-dealkylation sites (N-methyl/N-ethyl adjacent to an activating group) is 1. The Labute approximate surface area is 152 Å². The molecule has 0 spiro atoms. The summed E-state index contributed by atoms with van der Waals surface area (Å²) < 4.78 is 5.36. The van der Waals surface area contributed by atoms with Crippen molar-refractivity contribution in [2.45, 2.75) is 50.6 Å². The average molecular weight is 353 g/mol. The molecule has 1 atom stereocenters. The van der Waals surface area contributed by atoms with Crippen molar-refractivity contribution in [2.24, 2.45) is 0 Å². The normalized spacial score (nSPS) is 23.3. The van der Waals surface area contributed by atoms with Crippen LogP contribution in [0.3, 0.4) is 0 Å². The molecule has 2 aliphatic heterocycles. The number of carbonyl (C=O) groups is 1. The Morgan fingerprint density at radius 3 is 3.00 bits per heavy atom. The van der Waals surface area contributed by atoms with E-state index in [9.17, 15) is 4.79 Å². The average Bonchev–Trinajstić information content (AvgIpc) is 3.19. The van der Waals surface area contributed by atoms with Gasteiger partial charge in [0.25, 0.3) is 5.91 Å². The van der Waals surface area contributed by atoms with E-state index in [1.54, 1.807) is 0 Å². The Bertz CT molecular complexity index is 844. The van der Waals surface area contributed by atoms with Crippen molar-refractivity contribution in [1.82, 2.24) is 24.9 Å². The second kappa shape index (κ2) is 6.16. The van der Waals surface area contributed by atoms with E-state index < -0.39 is 0 Å². The third-order valence-corrected chi connectivity index (χ3v) is 5.68. The lowest BCUT2D eigenvalue weighted by Crippen LogP contribution is -2.33. The van der Waals surface area contributed by atoms with Crippen LogP contribution in [0.4, 0.5) is 0 Å². The summed E-state index contributed by atoms with van der Waals surface area (Å²) in [4.78, 5) is 26.5. The van der Waals surface area contributed by atoms with Crippen LogP contribution in [0.25, 0.3) is 0 Å². The smallest absolute Gasteiger partial charge is 0.276 e. The molecule has 0 aromatic carbocycles. The largest absolute Gasteiger partial charge is 0.360 e. The van der Waals surface area contributed by atoms with Gasteiger partial charge in [-0.25, -0.2) is 9.97 Å². The van der Waals surface area contributed by atoms with Crippen LogP contribution in [0.2, 0.25) is 0 Å². The highest BCUT2D eigenvalue weighted by Crippen LogP contribution is 2.40. The number of fused-ring (bicyclic) bond motifs is 1. The Balaban J connectivity index is 1.39. The molecule has 1 saturated carbocycles. The Morgan fingerprint density at radius 2 is 2.15 bits per heavy atom. The van der Waals surface area contributed by atoms with Crippen LogP contribution >= 0.6 is 0 Å². The van der Waals surface area contributed by atoms with Gasteiger partial charge >= 0.3 is 0 Å². The summed E-state index contributed by atoms with van der Waals surface area (Å²) in [6.45, 7) is 2.63. The summed E-state index contributed by atoms with van der Waals surface area (Å²) in [5.74, 6) is 2.01. The SMILES string of the molecule is CN1CCc2nc([C@H]3CCCN3C(=O)c3cc(C4CC4)on3)ncc2C1. The molecule has 0 N–H and O–H groups in total. The number of hydrogen-bond acceptors (Lipinski definition) is 6. The topological polar surface area (TPSA) is 75.4 Å². The maximum atomic E-state index is 13.0. The first-order chi connectivity index (χ1) is 12.7. The van der Waals surface area contributed by atoms with E-state index >= 15 is 0 Å². The Kier molecular flexibility index (Phi) is 3.77. The second-order valence-electron chi connectivity index (χ2n) is 7.73. The number of nitrogens with zero attached hydrogens (tertiary/aromatic N) is 5. The molecular weight excluding hydrogens is 330 g/mol. The van der Waals surface area contributed by atoms with Gasteiger partial charge in [-0.05, 0) is 32.7 Å². The highest BCUT2D eigenvalue weighted by Gasteiger charge is 2.36. The summed E-state index contributed by atoms with van der Waals surface area (Å²) in [5, 5.41) is 4.02. The van der Waals surface area contributed by atoms with Crippen LogP contribution in [-0.2, 0) is 13.0 Å². The van der Waals surface area contributed by atoms with Gasteiger partial charge in [-0.15, -0.1) is 0 Å². The molecule has 2 fully saturated rings. The lowest BCUT2D eigenvalue weighted by atomic mass is 10.1. The molecule has 7 nitrogen and oxygen atoms in total. The Hall–Kier alpha value is -2.28. The van der Waals surface area contributed by atoms with E-state index in [1.165, 1.54) is 5.56 Å².